The SMILES string of the molecule is Cc1cc2occ(C(=O)N3CCn4ncnc4C3)c2cc1C. The van der Waals surface area contributed by atoms with Crippen LogP contribution in [0.4, 0.5) is 0 Å². The van der Waals surface area contributed by atoms with Gasteiger partial charge in [-0.3, -0.25) is 4.79 Å². The molecule has 0 saturated carbocycles. The molecule has 6 heteroatoms. The molecule has 0 saturated heterocycles. The topological polar surface area (TPSA) is 64.2 Å². The first kappa shape index (κ1) is 13.1. The molecule has 0 aliphatic carbocycles. The van der Waals surface area contributed by atoms with E-state index in [9.17, 15) is 4.79 Å². The van der Waals surface area contributed by atoms with E-state index in [0.29, 0.717) is 25.2 Å². The molecule has 6 nitrogen and oxygen atoms in total. The average molecular weight is 296 g/mol. The fourth-order valence-electron chi connectivity index (χ4n) is 2.86. The van der Waals surface area contributed by atoms with Crippen LogP contribution in [-0.4, -0.2) is 32.1 Å². The number of rotatable bonds is 1. The minimum Gasteiger partial charge on any atom is -0.463 e. The van der Waals surface area contributed by atoms with Crippen LogP contribution in [0.5, 0.6) is 0 Å². The van der Waals surface area contributed by atoms with E-state index in [1.807, 2.05) is 30.7 Å². The second-order valence-corrected chi connectivity index (χ2v) is 5.71. The number of furan rings is 1. The Hall–Kier alpha value is -2.63. The molecule has 1 aliphatic heterocycles. The van der Waals surface area contributed by atoms with Gasteiger partial charge in [0.1, 0.15) is 24.0 Å². The summed E-state index contributed by atoms with van der Waals surface area (Å²) in [6.45, 7) is 5.87. The summed E-state index contributed by atoms with van der Waals surface area (Å²) in [7, 11) is 0. The third kappa shape index (κ3) is 1.91. The van der Waals surface area contributed by atoms with Crippen molar-refractivity contribution >= 4 is 16.9 Å². The lowest BCUT2D eigenvalue weighted by molar-refractivity contribution is 0.0703. The van der Waals surface area contributed by atoms with Crippen LogP contribution in [0.2, 0.25) is 0 Å². The van der Waals surface area contributed by atoms with Crippen molar-refractivity contribution in [2.24, 2.45) is 0 Å². The summed E-state index contributed by atoms with van der Waals surface area (Å²) >= 11 is 0. The third-order valence-corrected chi connectivity index (χ3v) is 4.32. The van der Waals surface area contributed by atoms with Crippen LogP contribution in [0.15, 0.2) is 29.1 Å². The molecule has 3 aromatic rings. The molecule has 0 spiro atoms. The van der Waals surface area contributed by atoms with Crippen LogP contribution < -0.4 is 0 Å². The fourth-order valence-corrected chi connectivity index (χ4v) is 2.86. The molecule has 4 rings (SSSR count). The van der Waals surface area contributed by atoms with Crippen LogP contribution in [0.25, 0.3) is 11.0 Å². The number of nitrogens with zero attached hydrogens (tertiary/aromatic N) is 4. The van der Waals surface area contributed by atoms with E-state index in [1.165, 1.54) is 6.33 Å². The van der Waals surface area contributed by atoms with Crippen molar-refractivity contribution in [2.75, 3.05) is 6.54 Å². The first-order valence-corrected chi connectivity index (χ1v) is 7.28. The van der Waals surface area contributed by atoms with E-state index in [-0.39, 0.29) is 5.91 Å². The van der Waals surface area contributed by atoms with Gasteiger partial charge in [-0.15, -0.1) is 0 Å². The van der Waals surface area contributed by atoms with Crippen LogP contribution in [0, 0.1) is 13.8 Å². The number of aryl methyl sites for hydroxylation is 2. The van der Waals surface area contributed by atoms with Crippen molar-refractivity contribution in [1.29, 1.82) is 0 Å². The molecule has 22 heavy (non-hydrogen) atoms. The van der Waals surface area contributed by atoms with E-state index < -0.39 is 0 Å². The number of amides is 1. The molecule has 0 atom stereocenters. The highest BCUT2D eigenvalue weighted by atomic mass is 16.3. The lowest BCUT2D eigenvalue weighted by Gasteiger charge is -2.26. The second kappa shape index (κ2) is 4.69. The lowest BCUT2D eigenvalue weighted by Crippen LogP contribution is -2.38. The van der Waals surface area contributed by atoms with Crippen molar-refractivity contribution in [1.82, 2.24) is 19.7 Å². The lowest BCUT2D eigenvalue weighted by atomic mass is 10.0. The van der Waals surface area contributed by atoms with E-state index in [0.717, 1.165) is 27.9 Å². The fraction of sp³-hybridized carbons (Fsp3) is 0.312. The molecule has 0 radical (unpaired) electrons. The number of hydrogen-bond donors (Lipinski definition) is 0. The molecule has 112 valence electrons. The van der Waals surface area contributed by atoms with Gasteiger partial charge in [-0.25, -0.2) is 9.67 Å². The molecule has 0 N–H and O–H groups in total. The van der Waals surface area contributed by atoms with Gasteiger partial charge in [-0.05, 0) is 37.1 Å². The van der Waals surface area contributed by atoms with Crippen molar-refractivity contribution in [3.63, 3.8) is 0 Å². The molecule has 3 heterocycles. The van der Waals surface area contributed by atoms with Crippen LogP contribution in [-0.2, 0) is 13.1 Å². The zero-order valence-corrected chi connectivity index (χ0v) is 12.5. The van der Waals surface area contributed by atoms with E-state index in [2.05, 4.69) is 10.1 Å². The molecular formula is C16H16N4O2. The number of benzene rings is 1. The number of aromatic nitrogens is 3. The normalized spacial score (nSPS) is 14.4. The van der Waals surface area contributed by atoms with Crippen LogP contribution >= 0.6 is 0 Å². The maximum Gasteiger partial charge on any atom is 0.258 e. The first-order chi connectivity index (χ1) is 10.6. The van der Waals surface area contributed by atoms with Gasteiger partial charge in [0, 0.05) is 11.9 Å². The Kier molecular flexibility index (Phi) is 2.79. The molecule has 1 aromatic carbocycles. The third-order valence-electron chi connectivity index (χ3n) is 4.32. The Morgan fingerprint density at radius 3 is 2.91 bits per heavy atom. The predicted octanol–water partition coefficient (Wildman–Crippen LogP) is 2.30. The van der Waals surface area contributed by atoms with Gasteiger partial charge >= 0.3 is 0 Å². The Balaban J connectivity index is 1.70. The van der Waals surface area contributed by atoms with Gasteiger partial charge in [-0.1, -0.05) is 0 Å². The summed E-state index contributed by atoms with van der Waals surface area (Å²) < 4.78 is 7.41. The monoisotopic (exact) mass is 296 g/mol. The van der Waals surface area contributed by atoms with Crippen molar-refractivity contribution in [3.8, 4) is 0 Å². The Morgan fingerprint density at radius 2 is 2.05 bits per heavy atom. The molecule has 2 aromatic heterocycles. The number of carbonyl (C=O) groups is 1. The maximum atomic E-state index is 12.8. The Bertz CT molecular complexity index is 878. The highest BCUT2D eigenvalue weighted by molar-refractivity contribution is 6.06. The summed E-state index contributed by atoms with van der Waals surface area (Å²) in [6.07, 6.45) is 3.09. The molecule has 1 aliphatic rings. The van der Waals surface area contributed by atoms with Gasteiger partial charge in [0.05, 0.1) is 18.7 Å². The molecule has 1 amide bonds. The Labute approximate surface area is 127 Å². The number of hydrogen-bond acceptors (Lipinski definition) is 4. The Morgan fingerprint density at radius 1 is 1.23 bits per heavy atom. The summed E-state index contributed by atoms with van der Waals surface area (Å²) in [5, 5.41) is 5.01. The minimum atomic E-state index is -0.0174. The summed E-state index contributed by atoms with van der Waals surface area (Å²) in [6, 6.07) is 4.00. The maximum absolute atomic E-state index is 12.8. The predicted molar refractivity (Wildman–Crippen MR) is 80.5 cm³/mol. The quantitative estimate of drug-likeness (QED) is 0.691. The molecule has 0 unspecified atom stereocenters. The van der Waals surface area contributed by atoms with Crippen molar-refractivity contribution in [3.05, 3.63) is 47.2 Å². The number of carbonyl (C=O) groups excluding carboxylic acids is 1. The van der Waals surface area contributed by atoms with E-state index >= 15 is 0 Å². The smallest absolute Gasteiger partial charge is 0.258 e. The van der Waals surface area contributed by atoms with E-state index in [1.54, 1.807) is 11.2 Å². The van der Waals surface area contributed by atoms with Gasteiger partial charge in [-0.2, -0.15) is 5.10 Å². The van der Waals surface area contributed by atoms with Crippen molar-refractivity contribution < 1.29 is 9.21 Å². The first-order valence-electron chi connectivity index (χ1n) is 7.28. The second-order valence-electron chi connectivity index (χ2n) is 5.71. The van der Waals surface area contributed by atoms with E-state index in [4.69, 9.17) is 4.42 Å². The summed E-state index contributed by atoms with van der Waals surface area (Å²) in [5.74, 6) is 0.802. The van der Waals surface area contributed by atoms with Crippen LogP contribution in [0.1, 0.15) is 27.3 Å². The largest absolute Gasteiger partial charge is 0.463 e. The highest BCUT2D eigenvalue weighted by Gasteiger charge is 2.25. The zero-order valence-electron chi connectivity index (χ0n) is 12.5. The standard InChI is InChI=1S/C16H16N4O2/c1-10-5-12-13(8-22-14(12)6-11(10)2)16(21)19-3-4-20-15(7-19)17-9-18-20/h5-6,8-9H,3-4,7H2,1-2H3. The van der Waals surface area contributed by atoms with Gasteiger partial charge in [0.25, 0.3) is 5.91 Å². The zero-order chi connectivity index (χ0) is 15.3. The molecular weight excluding hydrogens is 280 g/mol. The molecule has 0 fully saturated rings. The van der Waals surface area contributed by atoms with Gasteiger partial charge in [0.15, 0.2) is 0 Å². The summed E-state index contributed by atoms with van der Waals surface area (Å²) in [4.78, 5) is 18.8. The summed E-state index contributed by atoms with van der Waals surface area (Å²) in [5.41, 5.74) is 3.69. The highest BCUT2D eigenvalue weighted by Crippen LogP contribution is 2.26. The number of fused-ring (bicyclic) bond motifs is 2. The van der Waals surface area contributed by atoms with Gasteiger partial charge < -0.3 is 9.32 Å². The average Bonchev–Trinajstić information content (AvgIpc) is 3.13. The van der Waals surface area contributed by atoms with Gasteiger partial charge in [0.2, 0.25) is 0 Å². The molecule has 0 bridgehead atoms. The van der Waals surface area contributed by atoms with Crippen molar-refractivity contribution in [2.45, 2.75) is 26.9 Å². The van der Waals surface area contributed by atoms with Crippen LogP contribution in [0.3, 0.4) is 0 Å². The minimum absolute atomic E-state index is 0.0174.